The van der Waals surface area contributed by atoms with Crippen LogP contribution < -0.4 is 15.2 Å². The van der Waals surface area contributed by atoms with Gasteiger partial charge in [-0.3, -0.25) is 4.79 Å². The van der Waals surface area contributed by atoms with E-state index in [0.717, 1.165) is 0 Å². The van der Waals surface area contributed by atoms with Crippen LogP contribution in [0.3, 0.4) is 0 Å². The molecule has 0 atom stereocenters. The first kappa shape index (κ1) is 12.8. The van der Waals surface area contributed by atoms with E-state index in [-0.39, 0.29) is 17.5 Å². The first-order chi connectivity index (χ1) is 9.72. The van der Waals surface area contributed by atoms with Crippen LogP contribution in [0.2, 0.25) is 0 Å². The van der Waals surface area contributed by atoms with Crippen molar-refractivity contribution in [2.75, 3.05) is 24.7 Å². The molecule has 104 valence electrons. The number of thioether (sulfide) groups is 1. The van der Waals surface area contributed by atoms with E-state index in [1.165, 1.54) is 11.8 Å². The van der Waals surface area contributed by atoms with E-state index in [0.29, 0.717) is 35.4 Å². The van der Waals surface area contributed by atoms with Crippen molar-refractivity contribution in [3.8, 4) is 11.5 Å². The van der Waals surface area contributed by atoms with E-state index in [2.05, 4.69) is 15.2 Å². The fraction of sp³-hybridized carbons (Fsp3) is 0.250. The van der Waals surface area contributed by atoms with Crippen molar-refractivity contribution in [2.45, 2.75) is 5.16 Å². The second kappa shape index (κ2) is 5.41. The van der Waals surface area contributed by atoms with Crippen LogP contribution in [-0.2, 0) is 0 Å². The van der Waals surface area contributed by atoms with Gasteiger partial charge in [0.1, 0.15) is 13.2 Å². The zero-order valence-corrected chi connectivity index (χ0v) is 11.3. The van der Waals surface area contributed by atoms with Crippen molar-refractivity contribution in [3.63, 3.8) is 0 Å². The molecule has 0 unspecified atom stereocenters. The van der Waals surface area contributed by atoms with Gasteiger partial charge >= 0.3 is 0 Å². The predicted octanol–water partition coefficient (Wildman–Crippen LogP) is 1.13. The number of rotatable bonds is 4. The Morgan fingerprint density at radius 3 is 2.90 bits per heavy atom. The van der Waals surface area contributed by atoms with E-state index < -0.39 is 0 Å². The fourth-order valence-electron chi connectivity index (χ4n) is 1.75. The summed E-state index contributed by atoms with van der Waals surface area (Å²) >= 11 is 1.23. The number of nitrogens with two attached hydrogens (primary N) is 1. The highest BCUT2D eigenvalue weighted by Crippen LogP contribution is 2.31. The Morgan fingerprint density at radius 2 is 2.15 bits per heavy atom. The van der Waals surface area contributed by atoms with Gasteiger partial charge in [0.15, 0.2) is 17.3 Å². The van der Waals surface area contributed by atoms with Crippen molar-refractivity contribution < 1.29 is 14.3 Å². The molecule has 8 heteroatoms. The number of aromatic nitrogens is 3. The van der Waals surface area contributed by atoms with Gasteiger partial charge < -0.3 is 15.2 Å². The maximum Gasteiger partial charge on any atom is 0.216 e. The highest BCUT2D eigenvalue weighted by atomic mass is 32.2. The van der Waals surface area contributed by atoms with Crippen LogP contribution in [0.25, 0.3) is 0 Å². The number of benzene rings is 1. The smallest absolute Gasteiger partial charge is 0.216 e. The molecule has 2 aromatic rings. The maximum atomic E-state index is 12.1. The highest BCUT2D eigenvalue weighted by Gasteiger charge is 2.15. The minimum absolute atomic E-state index is 0.0321. The van der Waals surface area contributed by atoms with Crippen LogP contribution in [-0.4, -0.2) is 39.9 Å². The summed E-state index contributed by atoms with van der Waals surface area (Å²) in [7, 11) is 0. The number of ether oxygens (including phenoxy) is 2. The van der Waals surface area contributed by atoms with Gasteiger partial charge in [-0.05, 0) is 18.2 Å². The lowest BCUT2D eigenvalue weighted by molar-refractivity contribution is 0.102. The molecule has 1 aliphatic rings. The number of anilines is 1. The number of hydrogen-bond donors (Lipinski definition) is 2. The average molecular weight is 292 g/mol. The van der Waals surface area contributed by atoms with E-state index >= 15 is 0 Å². The first-order valence-electron chi connectivity index (χ1n) is 5.96. The molecule has 3 N–H and O–H groups in total. The lowest BCUT2D eigenvalue weighted by atomic mass is 10.1. The summed E-state index contributed by atoms with van der Waals surface area (Å²) in [5.41, 5.74) is 5.99. The Labute approximate surface area is 118 Å². The quantitative estimate of drug-likeness (QED) is 0.643. The number of nitrogen functional groups attached to an aromatic ring is 1. The predicted molar refractivity (Wildman–Crippen MR) is 73.3 cm³/mol. The molecule has 2 heterocycles. The number of aromatic amines is 1. The average Bonchev–Trinajstić information content (AvgIpc) is 2.90. The molecule has 0 spiro atoms. The molecule has 1 aromatic heterocycles. The normalized spacial score (nSPS) is 13.2. The molecule has 0 fully saturated rings. The number of nitrogens with zero attached hydrogens (tertiary/aromatic N) is 2. The molecular formula is C12H12N4O3S. The molecule has 0 aliphatic carbocycles. The van der Waals surface area contributed by atoms with E-state index in [4.69, 9.17) is 15.2 Å². The first-order valence-corrected chi connectivity index (χ1v) is 6.94. The number of ketones is 1. The fourth-order valence-corrected chi connectivity index (χ4v) is 2.45. The molecule has 20 heavy (non-hydrogen) atoms. The molecule has 1 aliphatic heterocycles. The van der Waals surface area contributed by atoms with Gasteiger partial charge in [0.25, 0.3) is 0 Å². The molecule has 7 nitrogen and oxygen atoms in total. The van der Waals surface area contributed by atoms with Crippen molar-refractivity contribution in [1.82, 2.24) is 15.2 Å². The van der Waals surface area contributed by atoms with E-state index in [1.807, 2.05) is 0 Å². The molecule has 1 aromatic carbocycles. The molecule has 0 bridgehead atoms. The summed E-state index contributed by atoms with van der Waals surface area (Å²) < 4.78 is 10.9. The number of H-pyrrole nitrogens is 1. The van der Waals surface area contributed by atoms with Crippen LogP contribution in [0.15, 0.2) is 23.4 Å². The van der Waals surface area contributed by atoms with Crippen LogP contribution in [0.1, 0.15) is 10.4 Å². The Kier molecular flexibility index (Phi) is 3.46. The minimum Gasteiger partial charge on any atom is -0.486 e. The minimum atomic E-state index is -0.0321. The third kappa shape index (κ3) is 2.69. The van der Waals surface area contributed by atoms with Gasteiger partial charge in [-0.25, -0.2) is 5.10 Å². The van der Waals surface area contributed by atoms with Gasteiger partial charge in [-0.1, -0.05) is 11.8 Å². The summed E-state index contributed by atoms with van der Waals surface area (Å²) in [5, 5.41) is 6.83. The molecule has 0 saturated heterocycles. The summed E-state index contributed by atoms with van der Waals surface area (Å²) in [6.45, 7) is 1.03. The van der Waals surface area contributed by atoms with Crippen molar-refractivity contribution in [1.29, 1.82) is 0 Å². The lowest BCUT2D eigenvalue weighted by Gasteiger charge is -2.18. The summed E-state index contributed by atoms with van der Waals surface area (Å²) in [6, 6.07) is 5.17. The van der Waals surface area contributed by atoms with Gasteiger partial charge in [0, 0.05) is 5.56 Å². The SMILES string of the molecule is Nc1nc(SCC(=O)c2ccc3c(c2)OCCO3)n[nH]1. The number of carbonyl (C=O) groups excluding carboxylic acids is 1. The largest absolute Gasteiger partial charge is 0.486 e. The topological polar surface area (TPSA) is 103 Å². The molecular weight excluding hydrogens is 280 g/mol. The highest BCUT2D eigenvalue weighted by molar-refractivity contribution is 7.99. The second-order valence-corrected chi connectivity index (χ2v) is 5.02. The van der Waals surface area contributed by atoms with Gasteiger partial charge in [-0.15, -0.1) is 5.10 Å². The van der Waals surface area contributed by atoms with Crippen molar-refractivity contribution >= 4 is 23.5 Å². The third-order valence-corrected chi connectivity index (χ3v) is 3.53. The molecule has 0 amide bonds. The Morgan fingerprint density at radius 1 is 1.35 bits per heavy atom. The number of nitrogens with one attached hydrogen (secondary N) is 1. The van der Waals surface area contributed by atoms with Crippen LogP contribution in [0, 0.1) is 0 Å². The maximum absolute atomic E-state index is 12.1. The van der Waals surface area contributed by atoms with Gasteiger partial charge in [0.2, 0.25) is 11.1 Å². The standard InChI is InChI=1S/C12H12N4O3S/c13-11-14-12(16-15-11)20-6-8(17)7-1-2-9-10(5-7)19-4-3-18-9/h1-2,5H,3-4,6H2,(H3,13,14,15,16). The van der Waals surface area contributed by atoms with Crippen molar-refractivity contribution in [3.05, 3.63) is 23.8 Å². The lowest BCUT2D eigenvalue weighted by Crippen LogP contribution is -2.16. The number of Topliss-reactive ketones (excluding diaryl/α,β-unsaturated/α-hetero) is 1. The van der Waals surface area contributed by atoms with E-state index in [9.17, 15) is 4.79 Å². The molecule has 0 radical (unpaired) electrons. The number of fused-ring (bicyclic) bond motifs is 1. The monoisotopic (exact) mass is 292 g/mol. The van der Waals surface area contributed by atoms with Crippen LogP contribution in [0.4, 0.5) is 5.95 Å². The van der Waals surface area contributed by atoms with Gasteiger partial charge in [-0.2, -0.15) is 4.98 Å². The summed E-state index contributed by atoms with van der Waals surface area (Å²) in [6.07, 6.45) is 0. The second-order valence-electron chi connectivity index (χ2n) is 4.07. The van der Waals surface area contributed by atoms with E-state index in [1.54, 1.807) is 18.2 Å². The Hall–Kier alpha value is -2.22. The zero-order chi connectivity index (χ0) is 13.9. The van der Waals surface area contributed by atoms with Crippen molar-refractivity contribution in [2.24, 2.45) is 0 Å². The molecule has 3 rings (SSSR count). The Balaban J connectivity index is 1.67. The number of carbonyl (C=O) groups is 1. The summed E-state index contributed by atoms with van der Waals surface area (Å²) in [4.78, 5) is 16.0. The molecule has 0 saturated carbocycles. The van der Waals surface area contributed by atoms with Crippen LogP contribution in [0.5, 0.6) is 11.5 Å². The van der Waals surface area contributed by atoms with Crippen LogP contribution >= 0.6 is 11.8 Å². The van der Waals surface area contributed by atoms with Gasteiger partial charge in [0.05, 0.1) is 5.75 Å². The Bertz CT molecular complexity index is 643. The summed E-state index contributed by atoms with van der Waals surface area (Å²) in [5.74, 6) is 1.71. The zero-order valence-electron chi connectivity index (χ0n) is 10.5. The number of hydrogen-bond acceptors (Lipinski definition) is 7. The third-order valence-electron chi connectivity index (χ3n) is 2.68.